The van der Waals surface area contributed by atoms with E-state index in [0.717, 1.165) is 28.7 Å². The molecule has 0 aromatic carbocycles. The third-order valence-electron chi connectivity index (χ3n) is 2.86. The molecule has 1 heterocycles. The minimum atomic E-state index is -0.375. The molecule has 2 nitrogen and oxygen atoms in total. The molecule has 2 rings (SSSR count). The fraction of sp³-hybridized carbons (Fsp3) is 0.545. The van der Waals surface area contributed by atoms with E-state index < -0.39 is 0 Å². The van der Waals surface area contributed by atoms with Crippen LogP contribution in [0, 0.1) is 12.8 Å². The van der Waals surface area contributed by atoms with Crippen molar-refractivity contribution in [3.8, 4) is 0 Å². The zero-order chi connectivity index (χ0) is 10.1. The van der Waals surface area contributed by atoms with Gasteiger partial charge in [-0.3, -0.25) is 0 Å². The van der Waals surface area contributed by atoms with Crippen molar-refractivity contribution in [1.82, 2.24) is 4.98 Å². The minimum Gasteiger partial charge on any atom is -0.387 e. The summed E-state index contributed by atoms with van der Waals surface area (Å²) in [6, 6.07) is 3.92. The molecule has 1 aliphatic carbocycles. The Labute approximate surface area is 92.5 Å². The molecule has 14 heavy (non-hydrogen) atoms. The van der Waals surface area contributed by atoms with Gasteiger partial charge in [-0.1, -0.05) is 6.42 Å². The predicted octanol–water partition coefficient (Wildman–Crippen LogP) is 2.99. The highest BCUT2D eigenvalue weighted by Crippen LogP contribution is 2.37. The zero-order valence-corrected chi connectivity index (χ0v) is 9.79. The second kappa shape index (κ2) is 3.99. The van der Waals surface area contributed by atoms with Gasteiger partial charge >= 0.3 is 0 Å². The fourth-order valence-corrected chi connectivity index (χ4v) is 2.37. The van der Waals surface area contributed by atoms with Gasteiger partial charge in [0.25, 0.3) is 0 Å². The largest absolute Gasteiger partial charge is 0.387 e. The van der Waals surface area contributed by atoms with Crippen LogP contribution in [0.25, 0.3) is 0 Å². The van der Waals surface area contributed by atoms with E-state index in [-0.39, 0.29) is 6.10 Å². The molecule has 0 bridgehead atoms. The molecule has 0 amide bonds. The third-order valence-corrected chi connectivity index (χ3v) is 3.26. The summed E-state index contributed by atoms with van der Waals surface area (Å²) in [6.07, 6.45) is 3.14. The molecule has 0 aliphatic heterocycles. The van der Waals surface area contributed by atoms with Gasteiger partial charge in [-0.05, 0) is 59.3 Å². The highest BCUT2D eigenvalue weighted by atomic mass is 79.9. The van der Waals surface area contributed by atoms with Crippen LogP contribution in [0.4, 0.5) is 0 Å². The number of rotatable bonds is 2. The van der Waals surface area contributed by atoms with Crippen LogP contribution >= 0.6 is 15.9 Å². The van der Waals surface area contributed by atoms with Crippen LogP contribution < -0.4 is 0 Å². The van der Waals surface area contributed by atoms with Crippen molar-refractivity contribution in [3.05, 3.63) is 28.0 Å². The van der Waals surface area contributed by atoms with Gasteiger partial charge in [0.2, 0.25) is 0 Å². The van der Waals surface area contributed by atoms with Crippen molar-refractivity contribution < 1.29 is 5.11 Å². The Morgan fingerprint density at radius 3 is 2.71 bits per heavy atom. The predicted molar refractivity (Wildman–Crippen MR) is 59.0 cm³/mol. The SMILES string of the molecule is Cc1cc(Br)nc(C(O)C2CCC2)c1. The number of hydrogen-bond donors (Lipinski definition) is 1. The Kier molecular flexibility index (Phi) is 2.88. The van der Waals surface area contributed by atoms with Gasteiger partial charge in [0.05, 0.1) is 11.8 Å². The molecule has 1 atom stereocenters. The maximum absolute atomic E-state index is 10.0. The number of pyridine rings is 1. The van der Waals surface area contributed by atoms with Gasteiger partial charge in [-0.15, -0.1) is 0 Å². The van der Waals surface area contributed by atoms with Gasteiger partial charge in [0.15, 0.2) is 0 Å². The Hall–Kier alpha value is -0.410. The first kappa shape index (κ1) is 10.1. The van der Waals surface area contributed by atoms with E-state index in [9.17, 15) is 5.11 Å². The average molecular weight is 256 g/mol. The minimum absolute atomic E-state index is 0.375. The van der Waals surface area contributed by atoms with Crippen molar-refractivity contribution >= 4 is 15.9 Å². The highest BCUT2D eigenvalue weighted by molar-refractivity contribution is 9.10. The fourth-order valence-electron chi connectivity index (χ4n) is 1.80. The monoisotopic (exact) mass is 255 g/mol. The lowest BCUT2D eigenvalue weighted by Gasteiger charge is -2.30. The standard InChI is InChI=1S/C11H14BrNO/c1-7-5-9(13-10(12)6-7)11(14)8-3-2-4-8/h5-6,8,11,14H,2-4H2,1H3. The lowest BCUT2D eigenvalue weighted by Crippen LogP contribution is -2.20. The van der Waals surface area contributed by atoms with E-state index in [4.69, 9.17) is 0 Å². The molecule has 0 saturated heterocycles. The number of aromatic nitrogens is 1. The summed E-state index contributed by atoms with van der Waals surface area (Å²) >= 11 is 3.35. The molecule has 1 saturated carbocycles. The van der Waals surface area contributed by atoms with Crippen molar-refractivity contribution in [2.24, 2.45) is 5.92 Å². The van der Waals surface area contributed by atoms with E-state index in [1.165, 1.54) is 6.42 Å². The number of halogens is 1. The molecule has 3 heteroatoms. The number of aliphatic hydroxyl groups excluding tert-OH is 1. The molecule has 0 spiro atoms. The second-order valence-corrected chi connectivity index (χ2v) is 4.84. The molecular formula is C11H14BrNO. The summed E-state index contributed by atoms with van der Waals surface area (Å²) < 4.78 is 0.811. The Balaban J connectivity index is 2.21. The van der Waals surface area contributed by atoms with Crippen LogP contribution in [0.5, 0.6) is 0 Å². The molecule has 1 aromatic heterocycles. The third kappa shape index (κ3) is 1.98. The number of aryl methyl sites for hydroxylation is 1. The first-order valence-electron chi connectivity index (χ1n) is 4.99. The number of hydrogen-bond acceptors (Lipinski definition) is 2. The summed E-state index contributed by atoms with van der Waals surface area (Å²) in [4.78, 5) is 4.30. The molecule has 1 N–H and O–H groups in total. The molecule has 0 radical (unpaired) electrons. The summed E-state index contributed by atoms with van der Waals surface area (Å²) in [5.74, 6) is 0.427. The number of aliphatic hydroxyl groups is 1. The average Bonchev–Trinajstić information content (AvgIpc) is 1.98. The lowest BCUT2D eigenvalue weighted by molar-refractivity contribution is 0.0585. The van der Waals surface area contributed by atoms with E-state index in [0.29, 0.717) is 5.92 Å². The molecule has 1 aromatic rings. The second-order valence-electron chi connectivity index (χ2n) is 4.03. The summed E-state index contributed by atoms with van der Waals surface area (Å²) in [6.45, 7) is 2.02. The van der Waals surface area contributed by atoms with Gasteiger partial charge in [0.1, 0.15) is 4.60 Å². The van der Waals surface area contributed by atoms with Crippen LogP contribution in [0.1, 0.15) is 36.6 Å². The van der Waals surface area contributed by atoms with Crippen molar-refractivity contribution in [3.63, 3.8) is 0 Å². The molecule has 1 aliphatic rings. The lowest BCUT2D eigenvalue weighted by atomic mass is 9.80. The van der Waals surface area contributed by atoms with Crippen molar-refractivity contribution in [2.45, 2.75) is 32.3 Å². The summed E-state index contributed by atoms with van der Waals surface area (Å²) in [5.41, 5.74) is 1.95. The van der Waals surface area contributed by atoms with Crippen LogP contribution in [0.15, 0.2) is 16.7 Å². The summed E-state index contributed by atoms with van der Waals surface area (Å²) in [7, 11) is 0. The van der Waals surface area contributed by atoms with E-state index in [1.807, 2.05) is 19.1 Å². The molecular weight excluding hydrogens is 242 g/mol. The highest BCUT2D eigenvalue weighted by Gasteiger charge is 2.27. The van der Waals surface area contributed by atoms with Crippen LogP contribution in [-0.2, 0) is 0 Å². The maximum atomic E-state index is 10.0. The molecule has 1 fully saturated rings. The van der Waals surface area contributed by atoms with Gasteiger partial charge in [0, 0.05) is 0 Å². The topological polar surface area (TPSA) is 33.1 Å². The van der Waals surface area contributed by atoms with Crippen molar-refractivity contribution in [2.75, 3.05) is 0 Å². The van der Waals surface area contributed by atoms with Crippen LogP contribution in [-0.4, -0.2) is 10.1 Å². The smallest absolute Gasteiger partial charge is 0.106 e. The Bertz CT molecular complexity index is 316. The van der Waals surface area contributed by atoms with Gasteiger partial charge in [-0.25, -0.2) is 4.98 Å². The molecule has 76 valence electrons. The van der Waals surface area contributed by atoms with Crippen molar-refractivity contribution in [1.29, 1.82) is 0 Å². The molecule has 1 unspecified atom stereocenters. The van der Waals surface area contributed by atoms with E-state index >= 15 is 0 Å². The quantitative estimate of drug-likeness (QED) is 0.825. The van der Waals surface area contributed by atoms with Gasteiger partial charge < -0.3 is 5.11 Å². The normalized spacial score (nSPS) is 19.1. The van der Waals surface area contributed by atoms with E-state index in [2.05, 4.69) is 20.9 Å². The first-order chi connectivity index (χ1) is 6.66. The zero-order valence-electron chi connectivity index (χ0n) is 8.20. The summed E-state index contributed by atoms with van der Waals surface area (Å²) in [5, 5.41) is 10.0. The van der Waals surface area contributed by atoms with Crippen LogP contribution in [0.3, 0.4) is 0 Å². The number of nitrogens with zero attached hydrogens (tertiary/aromatic N) is 1. The first-order valence-corrected chi connectivity index (χ1v) is 5.78. The Morgan fingerprint density at radius 2 is 2.21 bits per heavy atom. The Morgan fingerprint density at radius 1 is 1.50 bits per heavy atom. The van der Waals surface area contributed by atoms with Crippen LogP contribution in [0.2, 0.25) is 0 Å². The van der Waals surface area contributed by atoms with Gasteiger partial charge in [-0.2, -0.15) is 0 Å². The maximum Gasteiger partial charge on any atom is 0.106 e. The van der Waals surface area contributed by atoms with E-state index in [1.54, 1.807) is 0 Å².